The van der Waals surface area contributed by atoms with Crippen LogP contribution < -0.4 is 5.32 Å². The molecule has 3 aromatic carbocycles. The molecule has 5 rings (SSSR count). The summed E-state index contributed by atoms with van der Waals surface area (Å²) in [4.78, 5) is 40.3. The van der Waals surface area contributed by atoms with E-state index in [4.69, 9.17) is 0 Å². The summed E-state index contributed by atoms with van der Waals surface area (Å²) < 4.78 is 0. The Bertz CT molecular complexity index is 1290. The predicted molar refractivity (Wildman–Crippen MR) is 138 cm³/mol. The van der Waals surface area contributed by atoms with Gasteiger partial charge >= 0.3 is 5.97 Å². The molecular formula is C27H22N2O4S2. The van der Waals surface area contributed by atoms with Gasteiger partial charge in [0.25, 0.3) is 5.91 Å². The van der Waals surface area contributed by atoms with Crippen LogP contribution in [0.25, 0.3) is 11.1 Å². The lowest BCUT2D eigenvalue weighted by Crippen LogP contribution is -2.70. The van der Waals surface area contributed by atoms with Gasteiger partial charge in [-0.1, -0.05) is 84.6 Å². The SMILES string of the molecule is O=C(Cc1ccccc1)N[C@@H]1C(=O)N2C(C(=O)O)=C(Sc3ccc(-c4ccccc4)cc3)CS[C@@H]12. The lowest BCUT2D eigenvalue weighted by atomic mass is 10.0. The number of β-lactam (4-membered cyclic amide) rings is 1. The van der Waals surface area contributed by atoms with Crippen molar-refractivity contribution in [2.75, 3.05) is 5.75 Å². The monoisotopic (exact) mass is 502 g/mol. The average molecular weight is 503 g/mol. The lowest BCUT2D eigenvalue weighted by molar-refractivity contribution is -0.150. The number of carboxylic acid groups (broad SMARTS) is 1. The van der Waals surface area contributed by atoms with Crippen molar-refractivity contribution in [3.05, 3.63) is 101 Å². The molecule has 8 heteroatoms. The first kappa shape index (κ1) is 23.3. The second kappa shape index (κ2) is 10.0. The van der Waals surface area contributed by atoms with Gasteiger partial charge in [0.1, 0.15) is 17.1 Å². The fourth-order valence-electron chi connectivity index (χ4n) is 4.16. The molecular weight excluding hydrogens is 480 g/mol. The zero-order chi connectivity index (χ0) is 24.4. The van der Waals surface area contributed by atoms with Crippen LogP contribution in [0.5, 0.6) is 0 Å². The normalized spacial score (nSPS) is 19.1. The quantitative estimate of drug-likeness (QED) is 0.466. The Morgan fingerprint density at radius 3 is 2.23 bits per heavy atom. The summed E-state index contributed by atoms with van der Waals surface area (Å²) in [5, 5.41) is 12.3. The standard InChI is InChI=1S/C27H22N2O4S2/c30-22(15-17-7-3-1-4-8-17)28-23-25(31)29-24(27(32)33)21(16-34-26(23)29)35-20-13-11-19(12-14-20)18-9-5-2-6-10-18/h1-14,23,26H,15-16H2,(H,28,30)(H,32,33)/t23-,26+/m1/s1. The summed E-state index contributed by atoms with van der Waals surface area (Å²) in [6, 6.07) is 26.5. The number of benzene rings is 3. The highest BCUT2D eigenvalue weighted by Crippen LogP contribution is 2.45. The van der Waals surface area contributed by atoms with Crippen molar-refractivity contribution in [2.24, 2.45) is 0 Å². The van der Waals surface area contributed by atoms with Gasteiger partial charge in [-0.3, -0.25) is 14.5 Å². The maximum atomic E-state index is 12.9. The first-order chi connectivity index (χ1) is 17.0. The molecule has 6 nitrogen and oxygen atoms in total. The number of carboxylic acids is 1. The lowest BCUT2D eigenvalue weighted by Gasteiger charge is -2.49. The number of rotatable bonds is 7. The van der Waals surface area contributed by atoms with Crippen LogP contribution in [0, 0.1) is 0 Å². The number of hydrogen-bond acceptors (Lipinski definition) is 5. The topological polar surface area (TPSA) is 86.7 Å². The molecule has 0 unspecified atom stereocenters. The molecule has 2 aliphatic rings. The molecule has 0 aliphatic carbocycles. The highest BCUT2D eigenvalue weighted by atomic mass is 32.2. The second-order valence-electron chi connectivity index (χ2n) is 8.19. The highest BCUT2D eigenvalue weighted by molar-refractivity contribution is 8.06. The Morgan fingerprint density at radius 1 is 0.943 bits per heavy atom. The first-order valence-corrected chi connectivity index (χ1v) is 13.0. The predicted octanol–water partition coefficient (Wildman–Crippen LogP) is 4.38. The summed E-state index contributed by atoms with van der Waals surface area (Å²) >= 11 is 2.83. The van der Waals surface area contributed by atoms with Gasteiger partial charge in [-0.25, -0.2) is 4.79 Å². The van der Waals surface area contributed by atoms with Gasteiger partial charge in [0, 0.05) is 15.6 Å². The van der Waals surface area contributed by atoms with E-state index < -0.39 is 23.3 Å². The molecule has 1 saturated heterocycles. The van der Waals surface area contributed by atoms with Gasteiger partial charge in [-0.05, 0) is 28.8 Å². The van der Waals surface area contributed by atoms with Gasteiger partial charge in [0.2, 0.25) is 5.91 Å². The van der Waals surface area contributed by atoms with Gasteiger partial charge in [0.15, 0.2) is 0 Å². The van der Waals surface area contributed by atoms with Crippen LogP contribution in [-0.2, 0) is 20.8 Å². The van der Waals surface area contributed by atoms with E-state index in [-0.39, 0.29) is 18.0 Å². The van der Waals surface area contributed by atoms with Gasteiger partial charge in [0.05, 0.1) is 6.42 Å². The van der Waals surface area contributed by atoms with Crippen LogP contribution in [0.15, 0.2) is 100 Å². The maximum Gasteiger partial charge on any atom is 0.353 e. The Morgan fingerprint density at radius 2 is 1.57 bits per heavy atom. The van der Waals surface area contributed by atoms with E-state index in [9.17, 15) is 19.5 Å². The third-order valence-corrected chi connectivity index (χ3v) is 8.42. The van der Waals surface area contributed by atoms with Crippen molar-refractivity contribution >= 4 is 41.3 Å². The third kappa shape index (κ3) is 4.85. The molecule has 0 saturated carbocycles. The summed E-state index contributed by atoms with van der Waals surface area (Å²) in [6.07, 6.45) is 0.170. The van der Waals surface area contributed by atoms with Crippen molar-refractivity contribution in [2.45, 2.75) is 22.7 Å². The number of aliphatic carboxylic acids is 1. The van der Waals surface area contributed by atoms with E-state index in [0.717, 1.165) is 21.6 Å². The van der Waals surface area contributed by atoms with Crippen molar-refractivity contribution in [3.8, 4) is 11.1 Å². The van der Waals surface area contributed by atoms with E-state index in [1.807, 2.05) is 84.9 Å². The van der Waals surface area contributed by atoms with Crippen molar-refractivity contribution in [3.63, 3.8) is 0 Å². The fraction of sp³-hybridized carbons (Fsp3) is 0.148. The van der Waals surface area contributed by atoms with Crippen molar-refractivity contribution in [1.29, 1.82) is 0 Å². The zero-order valence-corrected chi connectivity index (χ0v) is 20.2. The molecule has 2 aliphatic heterocycles. The van der Waals surface area contributed by atoms with Crippen molar-refractivity contribution < 1.29 is 19.5 Å². The number of carbonyl (C=O) groups is 3. The number of hydrogen-bond donors (Lipinski definition) is 2. The zero-order valence-electron chi connectivity index (χ0n) is 18.6. The van der Waals surface area contributed by atoms with Gasteiger partial charge in [-0.15, -0.1) is 11.8 Å². The summed E-state index contributed by atoms with van der Waals surface area (Å²) in [6.45, 7) is 0. The van der Waals surface area contributed by atoms with Crippen LogP contribution in [0.3, 0.4) is 0 Å². The minimum atomic E-state index is -1.14. The molecule has 0 aromatic heterocycles. The number of amides is 2. The van der Waals surface area contributed by atoms with E-state index >= 15 is 0 Å². The Balaban J connectivity index is 1.29. The summed E-state index contributed by atoms with van der Waals surface area (Å²) in [7, 11) is 0. The molecule has 35 heavy (non-hydrogen) atoms. The molecule has 0 spiro atoms. The molecule has 0 radical (unpaired) electrons. The summed E-state index contributed by atoms with van der Waals surface area (Å²) in [5.41, 5.74) is 3.04. The fourth-order valence-corrected chi connectivity index (χ4v) is 6.64. The largest absolute Gasteiger partial charge is 0.477 e. The van der Waals surface area contributed by atoms with E-state index in [1.165, 1.54) is 28.4 Å². The Labute approximate surface area is 211 Å². The molecule has 0 bridgehead atoms. The average Bonchev–Trinajstić information content (AvgIpc) is 2.88. The number of nitrogens with zero attached hydrogens (tertiary/aromatic N) is 1. The van der Waals surface area contributed by atoms with Crippen LogP contribution >= 0.6 is 23.5 Å². The number of thioether (sulfide) groups is 2. The smallest absolute Gasteiger partial charge is 0.353 e. The first-order valence-electron chi connectivity index (χ1n) is 11.1. The van der Waals surface area contributed by atoms with E-state index in [1.54, 1.807) is 0 Å². The van der Waals surface area contributed by atoms with Crippen molar-refractivity contribution in [1.82, 2.24) is 10.2 Å². The molecule has 2 amide bonds. The van der Waals surface area contributed by atoms with Crippen LogP contribution in [0.1, 0.15) is 5.56 Å². The number of carbonyl (C=O) groups excluding carboxylic acids is 2. The number of fused-ring (bicyclic) bond motifs is 1. The second-order valence-corrected chi connectivity index (χ2v) is 10.5. The number of nitrogens with one attached hydrogen (secondary N) is 1. The summed E-state index contributed by atoms with van der Waals surface area (Å²) in [5.74, 6) is -1.33. The van der Waals surface area contributed by atoms with E-state index in [0.29, 0.717) is 10.7 Å². The Kier molecular flexibility index (Phi) is 6.66. The Hall–Kier alpha value is -3.49. The molecule has 2 heterocycles. The molecule has 3 aromatic rings. The van der Waals surface area contributed by atoms with Crippen LogP contribution in [0.2, 0.25) is 0 Å². The highest BCUT2D eigenvalue weighted by Gasteiger charge is 2.54. The van der Waals surface area contributed by atoms with Gasteiger partial charge < -0.3 is 10.4 Å². The van der Waals surface area contributed by atoms with E-state index in [2.05, 4.69) is 5.32 Å². The van der Waals surface area contributed by atoms with Crippen LogP contribution in [-0.4, -0.2) is 45.0 Å². The molecule has 176 valence electrons. The van der Waals surface area contributed by atoms with Gasteiger partial charge in [-0.2, -0.15) is 0 Å². The molecule has 1 fully saturated rings. The van der Waals surface area contributed by atoms with Crippen LogP contribution in [0.4, 0.5) is 0 Å². The minimum absolute atomic E-state index is 0.00412. The third-order valence-electron chi connectivity index (χ3n) is 5.86. The maximum absolute atomic E-state index is 12.9. The molecule has 2 N–H and O–H groups in total. The molecule has 2 atom stereocenters. The minimum Gasteiger partial charge on any atom is -0.477 e.